The molecule has 3 N–H and O–H groups in total. The summed E-state index contributed by atoms with van der Waals surface area (Å²) in [5.41, 5.74) is 3.64. The van der Waals surface area contributed by atoms with Crippen molar-refractivity contribution in [3.05, 3.63) is 65.2 Å². The van der Waals surface area contributed by atoms with Crippen LogP contribution in [-0.4, -0.2) is 39.4 Å². The van der Waals surface area contributed by atoms with Gasteiger partial charge in [0, 0.05) is 12.6 Å². The number of hydrogen-bond donors (Lipinski definition) is 2. The third-order valence-corrected chi connectivity index (χ3v) is 5.94. The number of benzene rings is 2. The van der Waals surface area contributed by atoms with Crippen LogP contribution in [0.1, 0.15) is 29.2 Å². The zero-order valence-electron chi connectivity index (χ0n) is 15.4. The van der Waals surface area contributed by atoms with E-state index in [1.165, 1.54) is 23.3 Å². The lowest BCUT2D eigenvalue weighted by atomic mass is 10.1. The molecule has 1 atom stereocenters. The number of likely N-dealkylation sites (N-methyl/N-ethyl adjacent to an activating group) is 1. The van der Waals surface area contributed by atoms with Gasteiger partial charge in [0.2, 0.25) is 15.9 Å². The first kappa shape index (κ1) is 19.5. The average Bonchev–Trinajstić information content (AvgIpc) is 3.05. The Morgan fingerprint density at radius 1 is 1.19 bits per heavy atom. The van der Waals surface area contributed by atoms with E-state index in [0.717, 1.165) is 18.4 Å². The summed E-state index contributed by atoms with van der Waals surface area (Å²) in [5.74, 6) is -0.0111. The topological polar surface area (TPSA) is 92.5 Å². The van der Waals surface area contributed by atoms with E-state index in [1.54, 1.807) is 12.1 Å². The van der Waals surface area contributed by atoms with Crippen molar-refractivity contribution in [2.24, 2.45) is 5.14 Å². The summed E-state index contributed by atoms with van der Waals surface area (Å²) >= 11 is 0. The predicted molar refractivity (Wildman–Crippen MR) is 105 cm³/mol. The number of amides is 1. The van der Waals surface area contributed by atoms with Crippen molar-refractivity contribution in [1.29, 1.82) is 0 Å². The normalized spacial score (nSPS) is 16.3. The molecule has 1 amide bonds. The Balaban J connectivity index is 1.46. The van der Waals surface area contributed by atoms with Gasteiger partial charge in [-0.1, -0.05) is 36.4 Å². The molecule has 27 heavy (non-hydrogen) atoms. The Morgan fingerprint density at radius 3 is 2.59 bits per heavy atom. The maximum absolute atomic E-state index is 12.2. The van der Waals surface area contributed by atoms with Crippen LogP contribution in [0.15, 0.2) is 53.4 Å². The molecule has 6 nitrogen and oxygen atoms in total. The molecule has 1 unspecified atom stereocenters. The highest BCUT2D eigenvalue weighted by Gasteiger charge is 2.26. The molecule has 0 aliphatic heterocycles. The highest BCUT2D eigenvalue weighted by atomic mass is 32.2. The molecule has 0 fully saturated rings. The first-order valence-electron chi connectivity index (χ1n) is 9.01. The molecule has 0 aromatic heterocycles. The van der Waals surface area contributed by atoms with Crippen molar-refractivity contribution in [3.8, 4) is 0 Å². The summed E-state index contributed by atoms with van der Waals surface area (Å²) in [6.45, 7) is 0.853. The fraction of sp³-hybridized carbons (Fsp3) is 0.350. The number of fused-ring (bicyclic) bond motifs is 1. The van der Waals surface area contributed by atoms with Crippen LogP contribution in [0.25, 0.3) is 0 Å². The van der Waals surface area contributed by atoms with E-state index in [4.69, 9.17) is 5.14 Å². The number of primary sulfonamides is 1. The molecule has 1 aliphatic rings. The van der Waals surface area contributed by atoms with E-state index in [2.05, 4.69) is 28.4 Å². The van der Waals surface area contributed by atoms with Crippen LogP contribution in [-0.2, 0) is 27.7 Å². The minimum absolute atomic E-state index is 0.0111. The largest absolute Gasteiger partial charge is 0.355 e. The standard InChI is InChI=1S/C20H25N3O3S/c1-23(19-11-8-16-4-2-3-5-18(16)19)14-20(24)22-13-12-15-6-9-17(10-7-15)27(21,25)26/h2-7,9-10,19H,8,11-14H2,1H3,(H,22,24)(H2,21,25,26). The summed E-state index contributed by atoms with van der Waals surface area (Å²) in [7, 11) is -1.69. The van der Waals surface area contributed by atoms with Gasteiger partial charge in [0.15, 0.2) is 0 Å². The van der Waals surface area contributed by atoms with Gasteiger partial charge < -0.3 is 5.32 Å². The third kappa shape index (κ3) is 4.94. The van der Waals surface area contributed by atoms with Crippen LogP contribution in [0.5, 0.6) is 0 Å². The van der Waals surface area contributed by atoms with Crippen molar-refractivity contribution in [2.45, 2.75) is 30.2 Å². The second kappa shape index (κ2) is 8.21. The number of aryl methyl sites for hydroxylation is 1. The van der Waals surface area contributed by atoms with Crippen LogP contribution in [0, 0.1) is 0 Å². The minimum Gasteiger partial charge on any atom is -0.355 e. The molecule has 1 aliphatic carbocycles. The first-order chi connectivity index (χ1) is 12.8. The van der Waals surface area contributed by atoms with Crippen molar-refractivity contribution in [1.82, 2.24) is 10.2 Å². The van der Waals surface area contributed by atoms with Crippen molar-refractivity contribution in [2.75, 3.05) is 20.1 Å². The van der Waals surface area contributed by atoms with Gasteiger partial charge in [-0.2, -0.15) is 0 Å². The second-order valence-corrected chi connectivity index (χ2v) is 8.52. The highest BCUT2D eigenvalue weighted by molar-refractivity contribution is 7.89. The maximum atomic E-state index is 12.2. The number of hydrogen-bond acceptors (Lipinski definition) is 4. The molecule has 3 rings (SSSR count). The van der Waals surface area contributed by atoms with Crippen LogP contribution in [0.4, 0.5) is 0 Å². The smallest absolute Gasteiger partial charge is 0.238 e. The molecule has 0 heterocycles. The number of carbonyl (C=O) groups excluding carboxylic acids is 1. The minimum atomic E-state index is -3.67. The number of nitrogens with two attached hydrogens (primary N) is 1. The second-order valence-electron chi connectivity index (χ2n) is 6.96. The van der Waals surface area contributed by atoms with Crippen molar-refractivity contribution in [3.63, 3.8) is 0 Å². The Labute approximate surface area is 160 Å². The van der Waals surface area contributed by atoms with Gasteiger partial charge in [-0.3, -0.25) is 9.69 Å². The van der Waals surface area contributed by atoms with Crippen LogP contribution in [0.2, 0.25) is 0 Å². The molecule has 2 aromatic rings. The van der Waals surface area contributed by atoms with Crippen molar-refractivity contribution < 1.29 is 13.2 Å². The number of nitrogens with zero attached hydrogens (tertiary/aromatic N) is 1. The first-order valence-corrected chi connectivity index (χ1v) is 10.6. The zero-order chi connectivity index (χ0) is 19.4. The molecular formula is C20H25N3O3S. The maximum Gasteiger partial charge on any atom is 0.238 e. The third-order valence-electron chi connectivity index (χ3n) is 5.01. The highest BCUT2D eigenvalue weighted by Crippen LogP contribution is 2.34. The molecule has 0 saturated heterocycles. The lowest BCUT2D eigenvalue weighted by molar-refractivity contribution is -0.122. The SMILES string of the molecule is CN(CC(=O)NCCc1ccc(S(N)(=O)=O)cc1)C1CCc2ccccc21. The van der Waals surface area contributed by atoms with E-state index in [-0.39, 0.29) is 16.8 Å². The summed E-state index contributed by atoms with van der Waals surface area (Å²) in [6.07, 6.45) is 2.73. The zero-order valence-corrected chi connectivity index (χ0v) is 16.2. The van der Waals surface area contributed by atoms with Crippen molar-refractivity contribution >= 4 is 15.9 Å². The van der Waals surface area contributed by atoms with Gasteiger partial charge in [-0.25, -0.2) is 13.6 Å². The molecule has 0 bridgehead atoms. The van der Waals surface area contributed by atoms with Gasteiger partial charge in [0.05, 0.1) is 11.4 Å². The predicted octanol–water partition coefficient (Wildman–Crippen LogP) is 1.61. The van der Waals surface area contributed by atoms with Gasteiger partial charge in [-0.15, -0.1) is 0 Å². The average molecular weight is 388 g/mol. The monoisotopic (exact) mass is 387 g/mol. The molecular weight excluding hydrogens is 362 g/mol. The number of carbonyl (C=O) groups is 1. The van der Waals surface area contributed by atoms with Gasteiger partial charge in [0.25, 0.3) is 0 Å². The van der Waals surface area contributed by atoms with E-state index >= 15 is 0 Å². The Bertz CT molecular complexity index is 910. The molecule has 144 valence electrons. The van der Waals surface area contributed by atoms with Gasteiger partial charge in [0.1, 0.15) is 0 Å². The molecule has 0 spiro atoms. The molecule has 0 radical (unpaired) electrons. The van der Waals surface area contributed by atoms with Gasteiger partial charge >= 0.3 is 0 Å². The summed E-state index contributed by atoms with van der Waals surface area (Å²) in [4.78, 5) is 14.4. The van der Waals surface area contributed by atoms with E-state index < -0.39 is 10.0 Å². The Kier molecular flexibility index (Phi) is 5.94. The summed E-state index contributed by atoms with van der Waals surface area (Å²) in [5, 5.41) is 8.02. The van der Waals surface area contributed by atoms with E-state index in [0.29, 0.717) is 19.5 Å². The Morgan fingerprint density at radius 2 is 1.89 bits per heavy atom. The lowest BCUT2D eigenvalue weighted by Crippen LogP contribution is -2.37. The fourth-order valence-electron chi connectivity index (χ4n) is 3.58. The van der Waals surface area contributed by atoms with Crippen LogP contribution >= 0.6 is 0 Å². The quantitative estimate of drug-likeness (QED) is 0.755. The summed E-state index contributed by atoms with van der Waals surface area (Å²) in [6, 6.07) is 15.1. The lowest BCUT2D eigenvalue weighted by Gasteiger charge is -2.24. The fourth-order valence-corrected chi connectivity index (χ4v) is 4.09. The number of sulfonamides is 1. The summed E-state index contributed by atoms with van der Waals surface area (Å²) < 4.78 is 22.5. The van der Waals surface area contributed by atoms with Crippen LogP contribution in [0.3, 0.4) is 0 Å². The van der Waals surface area contributed by atoms with Gasteiger partial charge in [-0.05, 0) is 55.1 Å². The molecule has 7 heteroatoms. The van der Waals surface area contributed by atoms with E-state index in [9.17, 15) is 13.2 Å². The Hall–Kier alpha value is -2.22. The van der Waals surface area contributed by atoms with Crippen LogP contribution < -0.4 is 10.5 Å². The number of nitrogens with one attached hydrogen (secondary N) is 1. The van der Waals surface area contributed by atoms with E-state index in [1.807, 2.05) is 13.1 Å². The molecule has 2 aromatic carbocycles. The number of rotatable bonds is 7. The molecule has 0 saturated carbocycles.